The number of aryl methyl sites for hydroxylation is 1. The predicted octanol–water partition coefficient (Wildman–Crippen LogP) is 2.29. The molecule has 1 aromatic heterocycles. The number of halogens is 3. The Morgan fingerprint density at radius 3 is 2.41 bits per heavy atom. The van der Waals surface area contributed by atoms with Gasteiger partial charge in [-0.05, 0) is 25.8 Å². The number of benzene rings is 1. The van der Waals surface area contributed by atoms with Crippen LogP contribution in [0.25, 0.3) is 0 Å². The fraction of sp³-hybridized carbons (Fsp3) is 0.471. The standard InChI is InChI=1S/C17H18F3N5O4/c1-10-3-4-11(9-13(10)25(28)29)14(26)23-7-5-12(6-8-23)24-16(27)22(2)15(21-24)17(18,19)20/h3-4,9,12H,5-8H2,1-2H3. The van der Waals surface area contributed by atoms with Gasteiger partial charge in [0.1, 0.15) is 0 Å². The molecular formula is C17H18F3N5O4. The molecule has 0 N–H and O–H groups in total. The number of amides is 1. The quantitative estimate of drug-likeness (QED) is 0.567. The highest BCUT2D eigenvalue weighted by molar-refractivity contribution is 5.95. The molecule has 29 heavy (non-hydrogen) atoms. The molecule has 156 valence electrons. The highest BCUT2D eigenvalue weighted by Gasteiger charge is 2.39. The van der Waals surface area contributed by atoms with Crippen LogP contribution in [0.4, 0.5) is 18.9 Å². The van der Waals surface area contributed by atoms with E-state index >= 15 is 0 Å². The van der Waals surface area contributed by atoms with Gasteiger partial charge in [-0.3, -0.25) is 19.5 Å². The Labute approximate surface area is 162 Å². The third-order valence-corrected chi connectivity index (χ3v) is 5.01. The highest BCUT2D eigenvalue weighted by Crippen LogP contribution is 2.28. The van der Waals surface area contributed by atoms with Gasteiger partial charge in [0, 0.05) is 37.3 Å². The van der Waals surface area contributed by atoms with E-state index in [0.717, 1.165) is 11.7 Å². The molecule has 2 heterocycles. The molecule has 0 unspecified atom stereocenters. The normalized spacial score (nSPS) is 15.6. The van der Waals surface area contributed by atoms with E-state index in [4.69, 9.17) is 0 Å². The molecule has 1 amide bonds. The van der Waals surface area contributed by atoms with E-state index in [0.29, 0.717) is 10.1 Å². The first-order valence-electron chi connectivity index (χ1n) is 8.77. The van der Waals surface area contributed by atoms with Crippen LogP contribution in [0.1, 0.15) is 40.6 Å². The Kier molecular flexibility index (Phi) is 5.20. The molecular weight excluding hydrogens is 395 g/mol. The van der Waals surface area contributed by atoms with Crippen LogP contribution in [0.15, 0.2) is 23.0 Å². The van der Waals surface area contributed by atoms with Gasteiger partial charge in [0.05, 0.1) is 11.0 Å². The van der Waals surface area contributed by atoms with Crippen molar-refractivity contribution in [2.75, 3.05) is 13.1 Å². The summed E-state index contributed by atoms with van der Waals surface area (Å²) in [5.74, 6) is -1.68. The lowest BCUT2D eigenvalue weighted by atomic mass is 10.0. The molecule has 2 aromatic rings. The van der Waals surface area contributed by atoms with Crippen LogP contribution in [-0.4, -0.2) is 43.2 Å². The maximum atomic E-state index is 12.9. The second-order valence-corrected chi connectivity index (χ2v) is 6.89. The summed E-state index contributed by atoms with van der Waals surface area (Å²) in [6.45, 7) is 1.95. The Hall–Kier alpha value is -3.18. The summed E-state index contributed by atoms with van der Waals surface area (Å²) >= 11 is 0. The third kappa shape index (κ3) is 3.87. The molecule has 3 rings (SSSR count). The molecule has 0 aliphatic carbocycles. The predicted molar refractivity (Wildman–Crippen MR) is 94.5 cm³/mol. The Balaban J connectivity index is 1.75. The average Bonchev–Trinajstić information content (AvgIpc) is 2.97. The molecule has 0 bridgehead atoms. The molecule has 1 aliphatic heterocycles. The van der Waals surface area contributed by atoms with E-state index in [2.05, 4.69) is 5.10 Å². The van der Waals surface area contributed by atoms with Crippen LogP contribution in [0, 0.1) is 17.0 Å². The monoisotopic (exact) mass is 413 g/mol. The number of hydrogen-bond donors (Lipinski definition) is 0. The lowest BCUT2D eigenvalue weighted by Crippen LogP contribution is -2.41. The molecule has 1 aliphatic rings. The van der Waals surface area contributed by atoms with Gasteiger partial charge in [-0.15, -0.1) is 5.10 Å². The summed E-state index contributed by atoms with van der Waals surface area (Å²) in [5.41, 5.74) is -0.433. The van der Waals surface area contributed by atoms with Crippen molar-refractivity contribution >= 4 is 11.6 Å². The van der Waals surface area contributed by atoms with Gasteiger partial charge in [0.2, 0.25) is 5.82 Å². The van der Waals surface area contributed by atoms with Crippen molar-refractivity contribution < 1.29 is 22.9 Å². The number of likely N-dealkylation sites (tertiary alicyclic amines) is 1. The van der Waals surface area contributed by atoms with E-state index in [9.17, 15) is 32.9 Å². The van der Waals surface area contributed by atoms with Crippen LogP contribution in [-0.2, 0) is 13.2 Å². The Morgan fingerprint density at radius 2 is 1.90 bits per heavy atom. The smallest absolute Gasteiger partial charge is 0.338 e. The van der Waals surface area contributed by atoms with Crippen LogP contribution in [0.5, 0.6) is 0 Å². The maximum Gasteiger partial charge on any atom is 0.451 e. The van der Waals surface area contributed by atoms with Gasteiger partial charge >= 0.3 is 11.9 Å². The lowest BCUT2D eigenvalue weighted by Gasteiger charge is -2.31. The summed E-state index contributed by atoms with van der Waals surface area (Å²) < 4.78 is 40.1. The molecule has 0 spiro atoms. The minimum Gasteiger partial charge on any atom is -0.338 e. The first-order chi connectivity index (χ1) is 13.5. The van der Waals surface area contributed by atoms with Crippen LogP contribution in [0.3, 0.4) is 0 Å². The minimum absolute atomic E-state index is 0.162. The number of piperidine rings is 1. The van der Waals surface area contributed by atoms with Gasteiger partial charge in [-0.25, -0.2) is 9.48 Å². The van der Waals surface area contributed by atoms with Crippen molar-refractivity contribution in [1.82, 2.24) is 19.2 Å². The molecule has 1 fully saturated rings. The molecule has 1 saturated heterocycles. The van der Waals surface area contributed by atoms with Crippen molar-refractivity contribution in [1.29, 1.82) is 0 Å². The number of alkyl halides is 3. The summed E-state index contributed by atoms with van der Waals surface area (Å²) in [6.07, 6.45) is -4.25. The van der Waals surface area contributed by atoms with Crippen LogP contribution < -0.4 is 5.69 Å². The molecule has 9 nitrogen and oxygen atoms in total. The first kappa shape index (κ1) is 20.6. The minimum atomic E-state index is -4.74. The second-order valence-electron chi connectivity index (χ2n) is 6.89. The van der Waals surface area contributed by atoms with Crippen LogP contribution >= 0.6 is 0 Å². The van der Waals surface area contributed by atoms with Crippen molar-refractivity contribution in [3.8, 4) is 0 Å². The van der Waals surface area contributed by atoms with Crippen molar-refractivity contribution in [2.24, 2.45) is 7.05 Å². The molecule has 1 aromatic carbocycles. The zero-order chi connectivity index (χ0) is 21.5. The van der Waals surface area contributed by atoms with Crippen molar-refractivity contribution in [2.45, 2.75) is 32.0 Å². The molecule has 0 saturated carbocycles. The summed E-state index contributed by atoms with van der Waals surface area (Å²) in [5, 5.41) is 14.5. The fourth-order valence-electron chi connectivity index (χ4n) is 3.38. The Bertz CT molecular complexity index is 1020. The number of nitrogens with zero attached hydrogens (tertiary/aromatic N) is 5. The van der Waals surface area contributed by atoms with Gasteiger partial charge in [0.15, 0.2) is 0 Å². The summed E-state index contributed by atoms with van der Waals surface area (Å²) in [6, 6.07) is 3.63. The summed E-state index contributed by atoms with van der Waals surface area (Å²) in [4.78, 5) is 36.7. The zero-order valence-electron chi connectivity index (χ0n) is 15.6. The fourth-order valence-corrected chi connectivity index (χ4v) is 3.38. The van der Waals surface area contributed by atoms with Crippen LogP contribution in [0.2, 0.25) is 0 Å². The SMILES string of the molecule is Cc1ccc(C(=O)N2CCC(n3nc(C(F)(F)F)n(C)c3=O)CC2)cc1[N+](=O)[O-]. The Morgan fingerprint density at radius 1 is 1.28 bits per heavy atom. The molecule has 0 radical (unpaired) electrons. The number of carbonyl (C=O) groups excluding carboxylic acids is 1. The average molecular weight is 413 g/mol. The van der Waals surface area contributed by atoms with Crippen molar-refractivity contribution in [3.63, 3.8) is 0 Å². The van der Waals surface area contributed by atoms with E-state index in [-0.39, 0.29) is 37.2 Å². The van der Waals surface area contributed by atoms with Crippen molar-refractivity contribution in [3.05, 3.63) is 55.7 Å². The number of nitro groups is 1. The van der Waals surface area contributed by atoms with Gasteiger partial charge in [-0.2, -0.15) is 13.2 Å². The molecule has 0 atom stereocenters. The van der Waals surface area contributed by atoms with Gasteiger partial charge in [0.25, 0.3) is 11.6 Å². The van der Waals surface area contributed by atoms with E-state index in [1.807, 2.05) is 0 Å². The molecule has 12 heteroatoms. The summed E-state index contributed by atoms with van der Waals surface area (Å²) in [7, 11) is 1.01. The van der Waals surface area contributed by atoms with E-state index in [1.54, 1.807) is 6.92 Å². The maximum absolute atomic E-state index is 12.9. The number of rotatable bonds is 3. The highest BCUT2D eigenvalue weighted by atomic mass is 19.4. The zero-order valence-corrected chi connectivity index (χ0v) is 15.6. The first-order valence-corrected chi connectivity index (χ1v) is 8.77. The van der Waals surface area contributed by atoms with Gasteiger partial charge < -0.3 is 4.90 Å². The van der Waals surface area contributed by atoms with E-state index in [1.165, 1.54) is 23.1 Å². The second kappa shape index (κ2) is 7.33. The number of nitro benzene ring substituents is 1. The topological polar surface area (TPSA) is 103 Å². The van der Waals surface area contributed by atoms with E-state index < -0.39 is 34.6 Å². The van der Waals surface area contributed by atoms with Gasteiger partial charge in [-0.1, -0.05) is 6.07 Å². The number of carbonyl (C=O) groups is 1. The largest absolute Gasteiger partial charge is 0.451 e. The third-order valence-electron chi connectivity index (χ3n) is 5.01. The lowest BCUT2D eigenvalue weighted by molar-refractivity contribution is -0.385. The number of aromatic nitrogens is 3. The number of hydrogen-bond acceptors (Lipinski definition) is 5.